The maximum atomic E-state index is 6.06. The molecular formula is C12H17Cl. The van der Waals surface area contributed by atoms with Crippen molar-refractivity contribution in [2.24, 2.45) is 0 Å². The molecule has 0 aliphatic rings. The molecule has 72 valence electrons. The quantitative estimate of drug-likeness (QED) is 0.642. The number of halogens is 1. The van der Waals surface area contributed by atoms with Crippen LogP contribution in [0.15, 0.2) is 24.3 Å². The van der Waals surface area contributed by atoms with Gasteiger partial charge in [0.05, 0.1) is 0 Å². The molecule has 1 heteroatoms. The third kappa shape index (κ3) is 2.73. The van der Waals surface area contributed by atoms with E-state index >= 15 is 0 Å². The van der Waals surface area contributed by atoms with Crippen molar-refractivity contribution in [3.8, 4) is 0 Å². The molecule has 0 N–H and O–H groups in total. The van der Waals surface area contributed by atoms with Crippen LogP contribution in [0.25, 0.3) is 0 Å². The van der Waals surface area contributed by atoms with Crippen molar-refractivity contribution in [2.75, 3.05) is 0 Å². The number of hydrogen-bond donors (Lipinski definition) is 0. The van der Waals surface area contributed by atoms with Gasteiger partial charge in [-0.25, -0.2) is 0 Å². The van der Waals surface area contributed by atoms with E-state index in [1.54, 1.807) is 0 Å². The van der Waals surface area contributed by atoms with E-state index in [1.165, 1.54) is 11.1 Å². The third-order valence-electron chi connectivity index (χ3n) is 2.57. The van der Waals surface area contributed by atoms with Crippen LogP contribution < -0.4 is 0 Å². The van der Waals surface area contributed by atoms with Crippen molar-refractivity contribution in [3.63, 3.8) is 0 Å². The van der Waals surface area contributed by atoms with E-state index in [9.17, 15) is 0 Å². The van der Waals surface area contributed by atoms with Crippen LogP contribution in [0.3, 0.4) is 0 Å². The molecule has 0 aliphatic carbocycles. The minimum atomic E-state index is 0.201. The molecule has 0 saturated heterocycles. The summed E-state index contributed by atoms with van der Waals surface area (Å²) in [5.74, 6) is 0.438. The zero-order valence-corrected chi connectivity index (χ0v) is 9.31. The Balaban J connectivity index is 2.88. The van der Waals surface area contributed by atoms with E-state index in [0.717, 1.165) is 6.42 Å². The first kappa shape index (κ1) is 10.6. The molecule has 0 heterocycles. The van der Waals surface area contributed by atoms with E-state index < -0.39 is 0 Å². The van der Waals surface area contributed by atoms with Crippen molar-refractivity contribution in [3.05, 3.63) is 35.4 Å². The zero-order chi connectivity index (χ0) is 9.84. The molecule has 2 atom stereocenters. The molecule has 0 fully saturated rings. The summed E-state index contributed by atoms with van der Waals surface area (Å²) in [7, 11) is 0. The van der Waals surface area contributed by atoms with Crippen molar-refractivity contribution in [2.45, 2.75) is 38.5 Å². The number of rotatable bonds is 3. The molecule has 1 aromatic carbocycles. The van der Waals surface area contributed by atoms with Gasteiger partial charge in [-0.15, -0.1) is 11.6 Å². The van der Waals surface area contributed by atoms with Gasteiger partial charge in [0.1, 0.15) is 0 Å². The van der Waals surface area contributed by atoms with E-state index in [0.29, 0.717) is 5.92 Å². The lowest BCUT2D eigenvalue weighted by molar-refractivity contribution is 0.741. The van der Waals surface area contributed by atoms with Crippen molar-refractivity contribution < 1.29 is 0 Å². The number of alkyl halides is 1. The highest BCUT2D eigenvalue weighted by Gasteiger charge is 2.11. The number of hydrogen-bond acceptors (Lipinski definition) is 0. The van der Waals surface area contributed by atoms with Gasteiger partial charge in [0.15, 0.2) is 0 Å². The van der Waals surface area contributed by atoms with Crippen molar-refractivity contribution in [1.82, 2.24) is 0 Å². The molecule has 13 heavy (non-hydrogen) atoms. The second kappa shape index (κ2) is 4.66. The maximum absolute atomic E-state index is 6.06. The fourth-order valence-corrected chi connectivity index (χ4v) is 1.51. The van der Waals surface area contributed by atoms with Crippen molar-refractivity contribution >= 4 is 11.6 Å². The molecule has 0 amide bonds. The van der Waals surface area contributed by atoms with Gasteiger partial charge in [-0.05, 0) is 30.4 Å². The van der Waals surface area contributed by atoms with Crippen LogP contribution in [0.2, 0.25) is 0 Å². The lowest BCUT2D eigenvalue weighted by atomic mass is 9.96. The predicted molar refractivity (Wildman–Crippen MR) is 59.6 cm³/mol. The van der Waals surface area contributed by atoms with E-state index in [-0.39, 0.29) is 5.38 Å². The predicted octanol–water partition coefficient (Wildman–Crippen LogP) is 3.98. The van der Waals surface area contributed by atoms with Crippen LogP contribution in [0.5, 0.6) is 0 Å². The highest BCUT2D eigenvalue weighted by atomic mass is 35.5. The second-order valence-electron chi connectivity index (χ2n) is 3.56. The Labute approximate surface area is 85.9 Å². The van der Waals surface area contributed by atoms with Crippen LogP contribution in [0.1, 0.15) is 37.8 Å². The Hall–Kier alpha value is -0.490. The Kier molecular flexibility index (Phi) is 3.80. The topological polar surface area (TPSA) is 0 Å². The molecule has 2 unspecified atom stereocenters. The van der Waals surface area contributed by atoms with Crippen LogP contribution in [0.4, 0.5) is 0 Å². The summed E-state index contributed by atoms with van der Waals surface area (Å²) in [5.41, 5.74) is 2.74. The molecule has 0 nitrogen and oxygen atoms in total. The van der Waals surface area contributed by atoms with Gasteiger partial charge in [-0.1, -0.05) is 38.1 Å². The molecule has 0 aliphatic heterocycles. The minimum absolute atomic E-state index is 0.201. The molecular weight excluding hydrogens is 180 g/mol. The summed E-state index contributed by atoms with van der Waals surface area (Å²) in [6, 6.07) is 8.69. The monoisotopic (exact) mass is 196 g/mol. The average molecular weight is 197 g/mol. The molecule has 1 aromatic rings. The lowest BCUT2D eigenvalue weighted by Crippen LogP contribution is -2.05. The SMILES string of the molecule is CCc1cccc(C(C)C(C)Cl)c1. The van der Waals surface area contributed by atoms with Crippen molar-refractivity contribution in [1.29, 1.82) is 0 Å². The fraction of sp³-hybridized carbons (Fsp3) is 0.500. The normalized spacial score (nSPS) is 15.4. The van der Waals surface area contributed by atoms with Crippen LogP contribution in [0, 0.1) is 0 Å². The molecule has 0 spiro atoms. The van der Waals surface area contributed by atoms with Gasteiger partial charge >= 0.3 is 0 Å². The summed E-state index contributed by atoms with van der Waals surface area (Å²) in [5, 5.41) is 0.201. The van der Waals surface area contributed by atoms with E-state index in [4.69, 9.17) is 11.6 Å². The highest BCUT2D eigenvalue weighted by Crippen LogP contribution is 2.23. The first-order valence-electron chi connectivity index (χ1n) is 4.88. The first-order valence-corrected chi connectivity index (χ1v) is 5.31. The van der Waals surface area contributed by atoms with E-state index in [1.807, 2.05) is 6.92 Å². The van der Waals surface area contributed by atoms with Crippen LogP contribution >= 0.6 is 11.6 Å². The van der Waals surface area contributed by atoms with Gasteiger partial charge in [-0.3, -0.25) is 0 Å². The smallest absolute Gasteiger partial charge is 0.0373 e. The summed E-state index contributed by atoms with van der Waals surface area (Å²) in [6.45, 7) is 6.39. The standard InChI is InChI=1S/C12H17Cl/c1-4-11-6-5-7-12(8-11)9(2)10(3)13/h5-10H,4H2,1-3H3. The van der Waals surface area contributed by atoms with Gasteiger partial charge in [-0.2, -0.15) is 0 Å². The molecule has 0 aromatic heterocycles. The van der Waals surface area contributed by atoms with Gasteiger partial charge in [0, 0.05) is 5.38 Å². The van der Waals surface area contributed by atoms with Crippen LogP contribution in [-0.2, 0) is 6.42 Å². The maximum Gasteiger partial charge on any atom is 0.0373 e. The summed E-state index contributed by atoms with van der Waals surface area (Å²) < 4.78 is 0. The molecule has 1 rings (SSSR count). The fourth-order valence-electron chi connectivity index (χ4n) is 1.36. The van der Waals surface area contributed by atoms with Crippen LogP contribution in [-0.4, -0.2) is 5.38 Å². The third-order valence-corrected chi connectivity index (χ3v) is 2.95. The number of benzene rings is 1. The molecule has 0 bridgehead atoms. The summed E-state index contributed by atoms with van der Waals surface area (Å²) in [4.78, 5) is 0. The van der Waals surface area contributed by atoms with Gasteiger partial charge < -0.3 is 0 Å². The highest BCUT2D eigenvalue weighted by molar-refractivity contribution is 6.20. The molecule has 0 saturated carbocycles. The number of aryl methyl sites for hydroxylation is 1. The Morgan fingerprint density at radius 2 is 2.00 bits per heavy atom. The van der Waals surface area contributed by atoms with Gasteiger partial charge in [0.25, 0.3) is 0 Å². The Bertz CT molecular complexity index is 266. The van der Waals surface area contributed by atoms with Gasteiger partial charge in [0.2, 0.25) is 0 Å². The minimum Gasteiger partial charge on any atom is -0.123 e. The zero-order valence-electron chi connectivity index (χ0n) is 8.55. The Morgan fingerprint density at radius 1 is 1.31 bits per heavy atom. The lowest BCUT2D eigenvalue weighted by Gasteiger charge is -2.14. The van der Waals surface area contributed by atoms with E-state index in [2.05, 4.69) is 38.1 Å². The second-order valence-corrected chi connectivity index (χ2v) is 4.25. The first-order chi connectivity index (χ1) is 6.15. The summed E-state index contributed by atoms with van der Waals surface area (Å²) >= 11 is 6.06. The summed E-state index contributed by atoms with van der Waals surface area (Å²) in [6.07, 6.45) is 1.09. The average Bonchev–Trinajstić information content (AvgIpc) is 2.16. The molecule has 0 radical (unpaired) electrons. The largest absolute Gasteiger partial charge is 0.123 e. The Morgan fingerprint density at radius 3 is 2.54 bits per heavy atom.